The van der Waals surface area contributed by atoms with Gasteiger partial charge in [0.1, 0.15) is 17.0 Å². The van der Waals surface area contributed by atoms with E-state index < -0.39 is 23.2 Å². The molecule has 4 aromatic rings. The number of H-pyrrole nitrogens is 2. The number of anilines is 1. The minimum atomic E-state index is -0.641. The van der Waals surface area contributed by atoms with Crippen molar-refractivity contribution in [3.05, 3.63) is 87.7 Å². The number of hydrogen-bond acceptors (Lipinski definition) is 8. The SMILES string of the molecule is Cc1cc(C(=O)CC2CCN(C(=O)OC(C)(C)C)CC2)ccc1-c1ccc(C[C@H](CC(=O)C2CCC(CNC(=O)OC(C)(C)C)CC2)C(=O)Nc2ccc3c(=O)[nH][nH]c3c2)cc1. The van der Waals surface area contributed by atoms with Crippen LogP contribution in [0.4, 0.5) is 15.3 Å². The van der Waals surface area contributed by atoms with Crippen LogP contribution in [-0.2, 0) is 25.5 Å². The van der Waals surface area contributed by atoms with E-state index in [1.807, 2.05) is 90.9 Å². The highest BCUT2D eigenvalue weighted by Gasteiger charge is 2.32. The predicted octanol–water partition coefficient (Wildman–Crippen LogP) is 9.14. The number of nitrogens with one attached hydrogen (secondary N) is 4. The fraction of sp³-hybridized carbons (Fsp3) is 0.510. The van der Waals surface area contributed by atoms with Crippen LogP contribution < -0.4 is 16.2 Å². The lowest BCUT2D eigenvalue weighted by molar-refractivity contribution is -0.129. The van der Waals surface area contributed by atoms with Gasteiger partial charge in [-0.2, -0.15) is 0 Å². The van der Waals surface area contributed by atoms with Gasteiger partial charge in [-0.3, -0.25) is 29.4 Å². The predicted molar refractivity (Wildman–Crippen MR) is 240 cm³/mol. The molecule has 0 radical (unpaired) electrons. The summed E-state index contributed by atoms with van der Waals surface area (Å²) in [6.07, 6.45) is 4.61. The Morgan fingerprint density at radius 2 is 1.47 bits per heavy atom. The zero-order valence-electron chi connectivity index (χ0n) is 37.3. The Labute approximate surface area is 364 Å². The highest BCUT2D eigenvalue weighted by atomic mass is 16.6. The van der Waals surface area contributed by atoms with Crippen molar-refractivity contribution < 1.29 is 33.4 Å². The summed E-state index contributed by atoms with van der Waals surface area (Å²) in [7, 11) is 0. The quantitative estimate of drug-likeness (QED) is 0.0962. The summed E-state index contributed by atoms with van der Waals surface area (Å²) in [5, 5.41) is 11.7. The van der Waals surface area contributed by atoms with Gasteiger partial charge in [0.25, 0.3) is 5.56 Å². The average molecular weight is 850 g/mol. The highest BCUT2D eigenvalue weighted by Crippen LogP contribution is 2.33. The third kappa shape index (κ3) is 12.7. The van der Waals surface area contributed by atoms with Crippen molar-refractivity contribution in [2.24, 2.45) is 23.7 Å². The average Bonchev–Trinajstić information content (AvgIpc) is 3.58. The molecule has 1 aliphatic carbocycles. The number of aromatic amines is 2. The van der Waals surface area contributed by atoms with E-state index in [9.17, 15) is 28.8 Å². The normalized spacial score (nSPS) is 17.9. The molecule has 4 N–H and O–H groups in total. The number of fused-ring (bicyclic) bond motifs is 1. The number of piperidine rings is 1. The zero-order valence-corrected chi connectivity index (χ0v) is 37.3. The Kier molecular flexibility index (Phi) is 14.4. The first-order valence-electron chi connectivity index (χ1n) is 22.0. The molecule has 13 heteroatoms. The lowest BCUT2D eigenvalue weighted by Gasteiger charge is -2.33. The molecule has 0 unspecified atom stereocenters. The van der Waals surface area contributed by atoms with E-state index in [0.29, 0.717) is 67.5 Å². The molecule has 62 heavy (non-hydrogen) atoms. The summed E-state index contributed by atoms with van der Waals surface area (Å²) in [6.45, 7) is 14.7. The van der Waals surface area contributed by atoms with E-state index in [-0.39, 0.29) is 53.3 Å². The maximum atomic E-state index is 14.0. The van der Waals surface area contributed by atoms with Crippen molar-refractivity contribution in [3.63, 3.8) is 0 Å². The number of rotatable bonds is 13. The monoisotopic (exact) mass is 849 g/mol. The summed E-state index contributed by atoms with van der Waals surface area (Å²) in [6, 6.07) is 18.8. The maximum Gasteiger partial charge on any atom is 0.410 e. The molecule has 3 amide bonds. The molecule has 6 rings (SSSR count). The lowest BCUT2D eigenvalue weighted by Crippen LogP contribution is -2.42. The van der Waals surface area contributed by atoms with E-state index in [1.165, 1.54) is 0 Å². The van der Waals surface area contributed by atoms with Crippen LogP contribution in [0.2, 0.25) is 0 Å². The molecule has 2 heterocycles. The van der Waals surface area contributed by atoms with E-state index in [2.05, 4.69) is 20.8 Å². The molecule has 332 valence electrons. The minimum absolute atomic E-state index is 0.0576. The van der Waals surface area contributed by atoms with Crippen LogP contribution in [-0.4, -0.2) is 75.6 Å². The Morgan fingerprint density at radius 3 is 2.11 bits per heavy atom. The second kappa shape index (κ2) is 19.5. The Morgan fingerprint density at radius 1 is 0.790 bits per heavy atom. The second-order valence-electron chi connectivity index (χ2n) is 19.3. The number of likely N-dealkylation sites (tertiary alicyclic amines) is 1. The molecule has 0 spiro atoms. The topological polar surface area (TPSA) is 180 Å². The fourth-order valence-electron chi connectivity index (χ4n) is 8.55. The van der Waals surface area contributed by atoms with Gasteiger partial charge in [0, 0.05) is 55.6 Å². The highest BCUT2D eigenvalue weighted by molar-refractivity contribution is 5.98. The van der Waals surface area contributed by atoms with Crippen molar-refractivity contribution in [3.8, 4) is 11.1 Å². The molecule has 1 saturated heterocycles. The van der Waals surface area contributed by atoms with Crippen molar-refractivity contribution in [2.45, 2.75) is 117 Å². The molecule has 2 aliphatic rings. The molecule has 1 aliphatic heterocycles. The summed E-state index contributed by atoms with van der Waals surface area (Å²) in [5.41, 5.74) is 4.25. The number of alkyl carbamates (subject to hydrolysis) is 1. The van der Waals surface area contributed by atoms with Crippen LogP contribution in [0.1, 0.15) is 114 Å². The standard InChI is InChI=1S/C49H63N5O8/c1-30-24-36(42(55)26-32-20-22-54(23-21-32)47(60)62-49(5,6)7)16-18-39(30)34-12-8-31(9-13-34)25-37(44(57)51-38-17-19-40-41(28-38)52-53-45(40)58)27-43(56)35-14-10-33(11-15-35)29-50-46(59)61-48(2,3)4/h8-9,12-13,16-19,24,28,32-33,35,37H,10-11,14-15,20-23,25-27,29H2,1-7H3,(H,50,59)(H,51,57)(H2,52,53,58)/t33?,35?,37-/m1/s1. The Hall–Kier alpha value is -5.72. The van der Waals surface area contributed by atoms with Crippen LogP contribution in [0, 0.1) is 30.6 Å². The molecule has 0 bridgehead atoms. The van der Waals surface area contributed by atoms with Gasteiger partial charge in [0.15, 0.2) is 5.78 Å². The number of amides is 3. The molecule has 13 nitrogen and oxygen atoms in total. The number of hydrogen-bond donors (Lipinski definition) is 4. The van der Waals surface area contributed by atoms with Crippen LogP contribution in [0.3, 0.4) is 0 Å². The summed E-state index contributed by atoms with van der Waals surface area (Å²) in [4.78, 5) is 79.6. The van der Waals surface area contributed by atoms with E-state index in [0.717, 1.165) is 47.9 Å². The first-order chi connectivity index (χ1) is 29.3. The van der Waals surface area contributed by atoms with Crippen LogP contribution in [0.25, 0.3) is 22.0 Å². The zero-order chi connectivity index (χ0) is 44.8. The molecule has 1 atom stereocenters. The first kappa shape index (κ1) is 45.8. The van der Waals surface area contributed by atoms with E-state index >= 15 is 0 Å². The molecular weight excluding hydrogens is 787 g/mol. The van der Waals surface area contributed by atoms with Crippen molar-refractivity contribution in [1.82, 2.24) is 20.4 Å². The Balaban J connectivity index is 1.07. The molecular formula is C49H63N5O8. The number of aromatic nitrogens is 2. The number of benzene rings is 3. The smallest absolute Gasteiger partial charge is 0.410 e. The van der Waals surface area contributed by atoms with Crippen LogP contribution in [0.5, 0.6) is 0 Å². The largest absolute Gasteiger partial charge is 0.444 e. The number of Topliss-reactive ketones (excluding diaryl/α,β-unsaturated/α-hetero) is 2. The van der Waals surface area contributed by atoms with Gasteiger partial charge >= 0.3 is 12.2 Å². The summed E-state index contributed by atoms with van der Waals surface area (Å²) in [5.74, 6) is -0.477. The fourth-order valence-corrected chi connectivity index (χ4v) is 8.55. The molecule has 2 fully saturated rings. The number of ether oxygens (including phenoxy) is 2. The van der Waals surface area contributed by atoms with Crippen molar-refractivity contribution in [1.29, 1.82) is 0 Å². The number of carbonyl (C=O) groups excluding carboxylic acids is 5. The van der Waals surface area contributed by atoms with Gasteiger partial charge in [0.2, 0.25) is 5.91 Å². The second-order valence-corrected chi connectivity index (χ2v) is 19.3. The summed E-state index contributed by atoms with van der Waals surface area (Å²) >= 11 is 0. The third-order valence-corrected chi connectivity index (χ3v) is 11.9. The van der Waals surface area contributed by atoms with Crippen LogP contribution >= 0.6 is 0 Å². The molecule has 1 saturated carbocycles. The number of nitrogens with zero attached hydrogens (tertiary/aromatic N) is 1. The van der Waals surface area contributed by atoms with Crippen molar-refractivity contribution >= 4 is 46.3 Å². The third-order valence-electron chi connectivity index (χ3n) is 11.9. The Bertz CT molecular complexity index is 2300. The van der Waals surface area contributed by atoms with Gasteiger partial charge in [-0.25, -0.2) is 9.59 Å². The maximum absolute atomic E-state index is 14.0. The molecule has 3 aromatic carbocycles. The lowest BCUT2D eigenvalue weighted by atomic mass is 9.77. The van der Waals surface area contributed by atoms with Gasteiger partial charge in [-0.1, -0.05) is 36.4 Å². The summed E-state index contributed by atoms with van der Waals surface area (Å²) < 4.78 is 10.9. The number of ketones is 2. The molecule has 1 aromatic heterocycles. The van der Waals surface area contributed by atoms with Gasteiger partial charge in [-0.05, 0) is 152 Å². The van der Waals surface area contributed by atoms with E-state index in [1.54, 1.807) is 23.1 Å². The van der Waals surface area contributed by atoms with E-state index in [4.69, 9.17) is 9.47 Å². The van der Waals surface area contributed by atoms with Crippen molar-refractivity contribution in [2.75, 3.05) is 25.0 Å². The van der Waals surface area contributed by atoms with Gasteiger partial charge in [0.05, 0.1) is 10.9 Å². The van der Waals surface area contributed by atoms with Crippen LogP contribution in [0.15, 0.2) is 65.5 Å². The van der Waals surface area contributed by atoms with Gasteiger partial charge < -0.3 is 25.0 Å². The first-order valence-corrected chi connectivity index (χ1v) is 22.0. The minimum Gasteiger partial charge on any atom is -0.444 e. The number of carbonyl (C=O) groups is 5. The van der Waals surface area contributed by atoms with Gasteiger partial charge in [-0.15, -0.1) is 0 Å². The number of aryl methyl sites for hydroxylation is 1.